The van der Waals surface area contributed by atoms with Crippen LogP contribution in [0.5, 0.6) is 11.5 Å². The first-order valence-corrected chi connectivity index (χ1v) is 9.87. The number of aromatic amines is 1. The zero-order valence-corrected chi connectivity index (χ0v) is 16.6. The summed E-state index contributed by atoms with van der Waals surface area (Å²) in [6.45, 7) is 4.83. The van der Waals surface area contributed by atoms with Crippen molar-refractivity contribution in [2.24, 2.45) is 0 Å². The number of ether oxygens (including phenoxy) is 2. The van der Waals surface area contributed by atoms with Gasteiger partial charge in [-0.1, -0.05) is 23.9 Å². The minimum absolute atomic E-state index is 0.128. The summed E-state index contributed by atoms with van der Waals surface area (Å²) in [6.07, 6.45) is 0. The van der Waals surface area contributed by atoms with Crippen LogP contribution >= 0.6 is 11.8 Å². The summed E-state index contributed by atoms with van der Waals surface area (Å²) >= 11 is 1.26. The fraction of sp³-hybridized carbons (Fsp3) is 0.250. The number of nitrogens with zero attached hydrogens (tertiary/aromatic N) is 2. The van der Waals surface area contributed by atoms with Crippen LogP contribution in [0.2, 0.25) is 0 Å². The highest BCUT2D eigenvalue weighted by Gasteiger charge is 2.09. The van der Waals surface area contributed by atoms with Gasteiger partial charge in [0, 0.05) is 5.69 Å². The van der Waals surface area contributed by atoms with Crippen molar-refractivity contribution in [2.75, 3.05) is 17.7 Å². The van der Waals surface area contributed by atoms with Crippen LogP contribution < -0.4 is 14.8 Å². The molecule has 3 rings (SSSR count). The van der Waals surface area contributed by atoms with Gasteiger partial charge in [0.05, 0.1) is 12.4 Å². The summed E-state index contributed by atoms with van der Waals surface area (Å²) in [6, 6.07) is 15.1. The van der Waals surface area contributed by atoms with Crippen molar-refractivity contribution in [1.29, 1.82) is 0 Å². The summed E-state index contributed by atoms with van der Waals surface area (Å²) in [5, 5.41) is 10.3. The van der Waals surface area contributed by atoms with Crippen LogP contribution in [0.4, 0.5) is 5.69 Å². The monoisotopic (exact) mass is 398 g/mol. The van der Waals surface area contributed by atoms with E-state index in [0.29, 0.717) is 17.6 Å². The van der Waals surface area contributed by atoms with Crippen LogP contribution in [0.15, 0.2) is 53.7 Å². The second-order valence-corrected chi connectivity index (χ2v) is 6.91. The Morgan fingerprint density at radius 2 is 1.96 bits per heavy atom. The first-order chi connectivity index (χ1) is 13.6. The first kappa shape index (κ1) is 19.8. The van der Waals surface area contributed by atoms with Gasteiger partial charge in [0.15, 0.2) is 5.82 Å². The average molecular weight is 398 g/mol. The number of hydrogen-bond donors (Lipinski definition) is 2. The Labute approximate surface area is 167 Å². The molecule has 0 bridgehead atoms. The van der Waals surface area contributed by atoms with Gasteiger partial charge in [-0.25, -0.2) is 4.98 Å². The number of carbonyl (C=O) groups excluding carboxylic acids is 1. The van der Waals surface area contributed by atoms with E-state index in [1.807, 2.05) is 50.2 Å². The third kappa shape index (κ3) is 6.02. The van der Waals surface area contributed by atoms with E-state index in [0.717, 1.165) is 22.7 Å². The normalized spacial score (nSPS) is 10.5. The number of thioether (sulfide) groups is 1. The fourth-order valence-corrected chi connectivity index (χ4v) is 3.01. The van der Waals surface area contributed by atoms with Crippen molar-refractivity contribution in [3.63, 3.8) is 0 Å². The largest absolute Gasteiger partial charge is 0.494 e. The van der Waals surface area contributed by atoms with Gasteiger partial charge in [0.1, 0.15) is 18.1 Å². The summed E-state index contributed by atoms with van der Waals surface area (Å²) in [7, 11) is 0. The number of nitrogens with one attached hydrogen (secondary N) is 2. The Morgan fingerprint density at radius 3 is 2.71 bits per heavy atom. The number of aromatic nitrogens is 3. The highest BCUT2D eigenvalue weighted by atomic mass is 32.2. The lowest BCUT2D eigenvalue weighted by Crippen LogP contribution is -2.14. The van der Waals surface area contributed by atoms with Gasteiger partial charge < -0.3 is 14.8 Å². The average Bonchev–Trinajstić information content (AvgIpc) is 3.15. The van der Waals surface area contributed by atoms with Gasteiger partial charge in [0.2, 0.25) is 11.1 Å². The summed E-state index contributed by atoms with van der Waals surface area (Å²) in [5.74, 6) is 2.24. The van der Waals surface area contributed by atoms with Crippen molar-refractivity contribution in [3.05, 3.63) is 59.9 Å². The molecule has 0 aliphatic rings. The maximum atomic E-state index is 12.1. The van der Waals surface area contributed by atoms with Gasteiger partial charge in [0.25, 0.3) is 0 Å². The van der Waals surface area contributed by atoms with Crippen molar-refractivity contribution in [3.8, 4) is 11.5 Å². The quantitative estimate of drug-likeness (QED) is 0.533. The minimum atomic E-state index is -0.128. The van der Waals surface area contributed by atoms with Gasteiger partial charge in [-0.2, -0.15) is 0 Å². The number of amides is 1. The molecule has 28 heavy (non-hydrogen) atoms. The Bertz CT molecular complexity index is 912. The highest BCUT2D eigenvalue weighted by Crippen LogP contribution is 2.18. The zero-order chi connectivity index (χ0) is 19.8. The lowest BCUT2D eigenvalue weighted by Gasteiger charge is -2.06. The molecule has 146 valence electrons. The number of H-pyrrole nitrogens is 1. The topological polar surface area (TPSA) is 89.1 Å². The summed E-state index contributed by atoms with van der Waals surface area (Å²) in [5.41, 5.74) is 1.85. The molecule has 2 aromatic carbocycles. The summed E-state index contributed by atoms with van der Waals surface area (Å²) in [4.78, 5) is 16.4. The molecular formula is C20H22N4O3S. The fourth-order valence-electron chi connectivity index (χ4n) is 2.39. The highest BCUT2D eigenvalue weighted by molar-refractivity contribution is 7.99. The van der Waals surface area contributed by atoms with E-state index in [1.54, 1.807) is 12.1 Å². The van der Waals surface area contributed by atoms with Crippen molar-refractivity contribution in [1.82, 2.24) is 15.2 Å². The molecule has 0 fully saturated rings. The lowest BCUT2D eigenvalue weighted by molar-refractivity contribution is -0.113. The zero-order valence-electron chi connectivity index (χ0n) is 15.8. The number of carbonyl (C=O) groups is 1. The van der Waals surface area contributed by atoms with Crippen LogP contribution in [-0.4, -0.2) is 33.4 Å². The minimum Gasteiger partial charge on any atom is -0.494 e. The van der Waals surface area contributed by atoms with E-state index < -0.39 is 0 Å². The van der Waals surface area contributed by atoms with Crippen molar-refractivity contribution >= 4 is 23.4 Å². The standard InChI is InChI=1S/C20H22N4O3S/c1-3-26-16-9-7-15(8-10-16)21-19(25)13-28-20-22-18(23-24-20)12-27-17-6-4-5-14(2)11-17/h4-11H,3,12-13H2,1-2H3,(H,21,25)(H,22,23,24). The van der Waals surface area contributed by atoms with E-state index >= 15 is 0 Å². The molecule has 0 unspecified atom stereocenters. The molecule has 0 atom stereocenters. The van der Waals surface area contributed by atoms with Crippen molar-refractivity contribution in [2.45, 2.75) is 25.6 Å². The molecule has 0 saturated carbocycles. The Kier molecular flexibility index (Phi) is 6.91. The number of anilines is 1. The SMILES string of the molecule is CCOc1ccc(NC(=O)CSc2n[nH]c(COc3cccc(C)c3)n2)cc1. The molecule has 0 saturated heterocycles. The van der Waals surface area contributed by atoms with E-state index in [9.17, 15) is 4.79 Å². The molecular weight excluding hydrogens is 376 g/mol. The predicted octanol–water partition coefficient (Wildman–Crippen LogP) is 3.82. The Balaban J connectivity index is 1.43. The van der Waals surface area contributed by atoms with E-state index in [2.05, 4.69) is 20.5 Å². The van der Waals surface area contributed by atoms with Gasteiger partial charge in [-0.3, -0.25) is 9.89 Å². The summed E-state index contributed by atoms with van der Waals surface area (Å²) < 4.78 is 11.1. The maximum Gasteiger partial charge on any atom is 0.234 e. The number of aryl methyl sites for hydroxylation is 1. The molecule has 1 heterocycles. The van der Waals surface area contributed by atoms with Gasteiger partial charge in [-0.15, -0.1) is 5.10 Å². The molecule has 3 aromatic rings. The lowest BCUT2D eigenvalue weighted by atomic mass is 10.2. The Hall–Kier alpha value is -3.00. The van der Waals surface area contributed by atoms with Crippen LogP contribution in [0, 0.1) is 6.92 Å². The molecule has 8 heteroatoms. The second-order valence-electron chi connectivity index (χ2n) is 5.96. The van der Waals surface area contributed by atoms with Crippen LogP contribution in [-0.2, 0) is 11.4 Å². The molecule has 0 aliphatic heterocycles. The first-order valence-electron chi connectivity index (χ1n) is 8.88. The van der Waals surface area contributed by atoms with Crippen LogP contribution in [0.25, 0.3) is 0 Å². The van der Waals surface area contributed by atoms with Crippen molar-refractivity contribution < 1.29 is 14.3 Å². The molecule has 0 radical (unpaired) electrons. The molecule has 1 amide bonds. The Morgan fingerprint density at radius 1 is 1.14 bits per heavy atom. The van der Waals surface area contributed by atoms with E-state index in [4.69, 9.17) is 9.47 Å². The number of rotatable bonds is 9. The molecule has 1 aromatic heterocycles. The van der Waals surface area contributed by atoms with E-state index in [-0.39, 0.29) is 18.3 Å². The van der Waals surface area contributed by atoms with Crippen LogP contribution in [0.3, 0.4) is 0 Å². The molecule has 2 N–H and O–H groups in total. The second kappa shape index (κ2) is 9.80. The smallest absolute Gasteiger partial charge is 0.234 e. The third-order valence-corrected chi connectivity index (χ3v) is 4.51. The van der Waals surface area contributed by atoms with Gasteiger partial charge >= 0.3 is 0 Å². The van der Waals surface area contributed by atoms with Crippen LogP contribution in [0.1, 0.15) is 18.3 Å². The molecule has 7 nitrogen and oxygen atoms in total. The van der Waals surface area contributed by atoms with Gasteiger partial charge in [-0.05, 0) is 55.8 Å². The predicted molar refractivity (Wildman–Crippen MR) is 109 cm³/mol. The number of benzene rings is 2. The molecule has 0 spiro atoms. The molecule has 0 aliphatic carbocycles. The van der Waals surface area contributed by atoms with E-state index in [1.165, 1.54) is 11.8 Å². The maximum absolute atomic E-state index is 12.1. The third-order valence-electron chi connectivity index (χ3n) is 3.66. The number of hydrogen-bond acceptors (Lipinski definition) is 6.